The van der Waals surface area contributed by atoms with Crippen LogP contribution >= 0.6 is 0 Å². The van der Waals surface area contributed by atoms with Crippen molar-refractivity contribution in [2.24, 2.45) is 5.92 Å². The number of guanidine groups is 1. The number of nitrogens with one attached hydrogen (secondary N) is 3. The van der Waals surface area contributed by atoms with Crippen molar-refractivity contribution in [2.45, 2.75) is 51.7 Å². The van der Waals surface area contributed by atoms with Gasteiger partial charge in [0.15, 0.2) is 5.96 Å². The van der Waals surface area contributed by atoms with E-state index < -0.39 is 0 Å². The van der Waals surface area contributed by atoms with E-state index in [1.54, 1.807) is 12.1 Å². The van der Waals surface area contributed by atoms with Crippen LogP contribution < -0.4 is 15.4 Å². The van der Waals surface area contributed by atoms with Crippen molar-refractivity contribution >= 4 is 17.8 Å². The zero-order valence-electron chi connectivity index (χ0n) is 18.7. The van der Waals surface area contributed by atoms with Crippen LogP contribution in [0.3, 0.4) is 0 Å². The van der Waals surface area contributed by atoms with Crippen LogP contribution in [0.1, 0.15) is 67.2 Å². The van der Waals surface area contributed by atoms with Crippen LogP contribution in [0.5, 0.6) is 5.75 Å². The van der Waals surface area contributed by atoms with Gasteiger partial charge in [-0.25, -0.2) is 0 Å². The van der Waals surface area contributed by atoms with E-state index in [-0.39, 0.29) is 41.8 Å². The van der Waals surface area contributed by atoms with Gasteiger partial charge in [-0.3, -0.25) is 19.9 Å². The number of rotatable bonds is 5. The van der Waals surface area contributed by atoms with Gasteiger partial charge in [0.2, 0.25) is 5.91 Å². The Labute approximate surface area is 188 Å². The van der Waals surface area contributed by atoms with E-state index in [2.05, 4.69) is 10.6 Å². The Morgan fingerprint density at radius 1 is 1.19 bits per heavy atom. The lowest BCUT2D eigenvalue weighted by Gasteiger charge is -2.38. The van der Waals surface area contributed by atoms with Crippen LogP contribution in [0.25, 0.3) is 0 Å². The second-order valence-corrected chi connectivity index (χ2v) is 8.81. The molecule has 2 aliphatic rings. The lowest BCUT2D eigenvalue weighted by Crippen LogP contribution is -2.57. The van der Waals surface area contributed by atoms with Crippen LogP contribution in [-0.2, 0) is 4.79 Å². The molecule has 0 spiro atoms. The van der Waals surface area contributed by atoms with E-state index in [1.807, 2.05) is 57.2 Å². The molecule has 0 radical (unpaired) electrons. The summed E-state index contributed by atoms with van der Waals surface area (Å²) in [5, 5.41) is 14.6. The summed E-state index contributed by atoms with van der Waals surface area (Å²) in [6.07, 6.45) is 1.06. The van der Waals surface area contributed by atoms with Crippen LogP contribution in [-0.4, -0.2) is 35.3 Å². The third-order valence-corrected chi connectivity index (χ3v) is 6.31. The lowest BCUT2D eigenvalue weighted by atomic mass is 9.96. The number of amides is 2. The second-order valence-electron chi connectivity index (χ2n) is 8.81. The standard InChI is InChI=1S/C25H30N4O3/c1-15(2)21-14-23(30)29(25(26)28-21)16(3)17-7-6-8-18(13-17)24(31)27-20-11-12-32-22-10-5-4-9-19(20)22/h4-10,13,15-16,20-21H,11-12,14H2,1-3H3,(H2,26,28)(H,27,31)/t16-,20?,21+/m1/s1. The van der Waals surface area contributed by atoms with E-state index in [1.165, 1.54) is 4.90 Å². The lowest BCUT2D eigenvalue weighted by molar-refractivity contribution is -0.131. The number of ether oxygens (including phenoxy) is 1. The molecule has 0 saturated carbocycles. The Bertz CT molecular complexity index is 1020. The number of carbonyl (C=O) groups is 2. The van der Waals surface area contributed by atoms with Crippen molar-refractivity contribution in [3.8, 4) is 5.75 Å². The number of hydrogen-bond donors (Lipinski definition) is 3. The molecule has 1 saturated heterocycles. The molecule has 2 aliphatic heterocycles. The van der Waals surface area contributed by atoms with Gasteiger partial charge in [0, 0.05) is 30.0 Å². The Morgan fingerprint density at radius 2 is 1.97 bits per heavy atom. The molecule has 4 rings (SSSR count). The first-order valence-corrected chi connectivity index (χ1v) is 11.1. The third kappa shape index (κ3) is 4.33. The van der Waals surface area contributed by atoms with Crippen molar-refractivity contribution in [1.82, 2.24) is 15.5 Å². The average Bonchev–Trinajstić information content (AvgIpc) is 2.78. The predicted octanol–water partition coefficient (Wildman–Crippen LogP) is 3.78. The molecule has 2 heterocycles. The van der Waals surface area contributed by atoms with E-state index in [9.17, 15) is 9.59 Å². The molecule has 3 N–H and O–H groups in total. The van der Waals surface area contributed by atoms with Gasteiger partial charge in [-0.15, -0.1) is 0 Å². The third-order valence-electron chi connectivity index (χ3n) is 6.31. The molecule has 2 amide bonds. The van der Waals surface area contributed by atoms with Crippen molar-refractivity contribution < 1.29 is 14.3 Å². The molecule has 1 fully saturated rings. The van der Waals surface area contributed by atoms with Gasteiger partial charge < -0.3 is 15.4 Å². The minimum atomic E-state index is -0.354. The summed E-state index contributed by atoms with van der Waals surface area (Å²) in [7, 11) is 0. The zero-order chi connectivity index (χ0) is 22.8. The zero-order valence-corrected chi connectivity index (χ0v) is 18.7. The fourth-order valence-electron chi connectivity index (χ4n) is 4.34. The highest BCUT2D eigenvalue weighted by Crippen LogP contribution is 2.32. The Morgan fingerprint density at radius 3 is 2.72 bits per heavy atom. The minimum Gasteiger partial charge on any atom is -0.493 e. The molecule has 3 atom stereocenters. The first kappa shape index (κ1) is 21.9. The molecule has 2 aromatic rings. The molecule has 1 unspecified atom stereocenters. The fraction of sp³-hybridized carbons (Fsp3) is 0.400. The van der Waals surface area contributed by atoms with Gasteiger partial charge in [0.1, 0.15) is 5.75 Å². The average molecular weight is 435 g/mol. The van der Waals surface area contributed by atoms with E-state index in [0.717, 1.165) is 16.9 Å². The number of para-hydroxylation sites is 1. The minimum absolute atomic E-state index is 0.0297. The highest BCUT2D eigenvalue weighted by Gasteiger charge is 2.34. The number of fused-ring (bicyclic) bond motifs is 1. The first-order valence-electron chi connectivity index (χ1n) is 11.1. The van der Waals surface area contributed by atoms with Crippen LogP contribution in [0, 0.1) is 11.3 Å². The summed E-state index contributed by atoms with van der Waals surface area (Å²) >= 11 is 0. The van der Waals surface area contributed by atoms with Crippen LogP contribution in [0.2, 0.25) is 0 Å². The van der Waals surface area contributed by atoms with Gasteiger partial charge in [0.25, 0.3) is 5.91 Å². The summed E-state index contributed by atoms with van der Waals surface area (Å²) in [4.78, 5) is 27.3. The molecular formula is C25H30N4O3. The maximum atomic E-state index is 13.0. The molecule has 0 aromatic heterocycles. The topological polar surface area (TPSA) is 94.5 Å². The summed E-state index contributed by atoms with van der Waals surface area (Å²) in [5.41, 5.74) is 2.32. The van der Waals surface area contributed by atoms with E-state index >= 15 is 0 Å². The van der Waals surface area contributed by atoms with Gasteiger partial charge >= 0.3 is 0 Å². The van der Waals surface area contributed by atoms with Gasteiger partial charge in [-0.2, -0.15) is 0 Å². The molecule has 7 heteroatoms. The summed E-state index contributed by atoms with van der Waals surface area (Å²) < 4.78 is 5.69. The molecule has 7 nitrogen and oxygen atoms in total. The maximum Gasteiger partial charge on any atom is 0.251 e. The molecule has 32 heavy (non-hydrogen) atoms. The van der Waals surface area contributed by atoms with Crippen LogP contribution in [0.4, 0.5) is 0 Å². The molecule has 168 valence electrons. The first-order chi connectivity index (χ1) is 15.3. The Balaban J connectivity index is 1.50. The summed E-state index contributed by atoms with van der Waals surface area (Å²) in [6.45, 7) is 6.52. The molecular weight excluding hydrogens is 404 g/mol. The van der Waals surface area contributed by atoms with E-state index in [0.29, 0.717) is 25.0 Å². The maximum absolute atomic E-state index is 13.0. The van der Waals surface area contributed by atoms with Gasteiger partial charge in [-0.05, 0) is 36.6 Å². The number of carbonyl (C=O) groups excluding carboxylic acids is 2. The Hall–Kier alpha value is -3.35. The highest BCUT2D eigenvalue weighted by molar-refractivity contribution is 5.99. The quantitative estimate of drug-likeness (QED) is 0.667. The number of hydrogen-bond acceptors (Lipinski definition) is 4. The van der Waals surface area contributed by atoms with Crippen molar-refractivity contribution in [2.75, 3.05) is 6.61 Å². The SMILES string of the molecule is CC(C)[C@@H]1CC(=O)N([C@H](C)c2cccc(C(=O)NC3CCOc4ccccc43)c2)C(=N)N1. The van der Waals surface area contributed by atoms with Gasteiger partial charge in [-0.1, -0.05) is 44.2 Å². The highest BCUT2D eigenvalue weighted by atomic mass is 16.5. The number of nitrogens with zero attached hydrogens (tertiary/aromatic N) is 1. The van der Waals surface area contributed by atoms with E-state index in [4.69, 9.17) is 10.1 Å². The predicted molar refractivity (Wildman–Crippen MR) is 123 cm³/mol. The molecule has 2 aromatic carbocycles. The van der Waals surface area contributed by atoms with Crippen molar-refractivity contribution in [1.29, 1.82) is 5.41 Å². The van der Waals surface area contributed by atoms with Gasteiger partial charge in [0.05, 0.1) is 18.7 Å². The smallest absolute Gasteiger partial charge is 0.251 e. The molecule has 0 bridgehead atoms. The van der Waals surface area contributed by atoms with Crippen molar-refractivity contribution in [3.05, 3.63) is 65.2 Å². The summed E-state index contributed by atoms with van der Waals surface area (Å²) in [5.74, 6) is 0.938. The Kier molecular flexibility index (Phi) is 6.17. The summed E-state index contributed by atoms with van der Waals surface area (Å²) in [6, 6.07) is 14.5. The molecule has 0 aliphatic carbocycles. The largest absolute Gasteiger partial charge is 0.493 e. The second kappa shape index (κ2) is 9.02. The fourth-order valence-corrected chi connectivity index (χ4v) is 4.34. The van der Waals surface area contributed by atoms with Crippen LogP contribution in [0.15, 0.2) is 48.5 Å². The van der Waals surface area contributed by atoms with Crippen molar-refractivity contribution in [3.63, 3.8) is 0 Å². The monoisotopic (exact) mass is 434 g/mol. The normalized spacial score (nSPS) is 21.4. The number of benzene rings is 2.